The molecule has 94 valence electrons. The molecule has 1 unspecified atom stereocenters. The third-order valence-corrected chi connectivity index (χ3v) is 4.64. The standard InChI is InChI=1S/C12H17BrN2OS/c1-9-11(17-8-14-9)12(16)15-6-2-3-10(7-15)4-5-13/h8,10H,2-7H2,1H3. The second kappa shape index (κ2) is 5.96. The second-order valence-electron chi connectivity index (χ2n) is 4.50. The zero-order valence-electron chi connectivity index (χ0n) is 9.99. The Morgan fingerprint density at radius 1 is 1.71 bits per heavy atom. The molecule has 17 heavy (non-hydrogen) atoms. The molecule has 1 atom stereocenters. The Kier molecular flexibility index (Phi) is 4.56. The van der Waals surface area contributed by atoms with Crippen LogP contribution in [0.3, 0.4) is 0 Å². The second-order valence-corrected chi connectivity index (χ2v) is 6.15. The van der Waals surface area contributed by atoms with E-state index in [0.717, 1.165) is 41.8 Å². The van der Waals surface area contributed by atoms with Gasteiger partial charge in [0.05, 0.1) is 11.2 Å². The Labute approximate surface area is 114 Å². The number of amides is 1. The van der Waals surface area contributed by atoms with Crippen molar-refractivity contribution in [3.05, 3.63) is 16.1 Å². The summed E-state index contributed by atoms with van der Waals surface area (Å²) < 4.78 is 0. The highest BCUT2D eigenvalue weighted by Gasteiger charge is 2.25. The number of carbonyl (C=O) groups excluding carboxylic acids is 1. The van der Waals surface area contributed by atoms with Crippen LogP contribution < -0.4 is 0 Å². The molecular weight excluding hydrogens is 300 g/mol. The van der Waals surface area contributed by atoms with E-state index in [-0.39, 0.29) is 5.91 Å². The average Bonchev–Trinajstić information content (AvgIpc) is 2.75. The van der Waals surface area contributed by atoms with Crippen molar-refractivity contribution in [3.8, 4) is 0 Å². The molecule has 0 spiro atoms. The van der Waals surface area contributed by atoms with Crippen LogP contribution >= 0.6 is 27.3 Å². The monoisotopic (exact) mass is 316 g/mol. The van der Waals surface area contributed by atoms with Crippen LogP contribution in [0, 0.1) is 12.8 Å². The van der Waals surface area contributed by atoms with E-state index in [2.05, 4.69) is 20.9 Å². The summed E-state index contributed by atoms with van der Waals surface area (Å²) in [5.74, 6) is 0.824. The molecule has 1 aliphatic heterocycles. The molecule has 0 bridgehead atoms. The molecule has 1 aromatic rings. The Morgan fingerprint density at radius 2 is 2.53 bits per heavy atom. The molecule has 5 heteroatoms. The van der Waals surface area contributed by atoms with E-state index < -0.39 is 0 Å². The van der Waals surface area contributed by atoms with Gasteiger partial charge in [-0.1, -0.05) is 15.9 Å². The number of halogens is 1. The van der Waals surface area contributed by atoms with Crippen LogP contribution in [-0.2, 0) is 0 Å². The van der Waals surface area contributed by atoms with Crippen molar-refractivity contribution in [3.63, 3.8) is 0 Å². The smallest absolute Gasteiger partial charge is 0.265 e. The summed E-state index contributed by atoms with van der Waals surface area (Å²) in [7, 11) is 0. The molecule has 2 heterocycles. The van der Waals surface area contributed by atoms with Gasteiger partial charge in [-0.15, -0.1) is 11.3 Å². The zero-order chi connectivity index (χ0) is 12.3. The number of alkyl halides is 1. The number of rotatable bonds is 3. The lowest BCUT2D eigenvalue weighted by atomic mass is 9.95. The molecule has 1 aliphatic rings. The van der Waals surface area contributed by atoms with Gasteiger partial charge in [-0.2, -0.15) is 0 Å². The number of aryl methyl sites for hydroxylation is 1. The number of thiazole rings is 1. The van der Waals surface area contributed by atoms with Crippen LogP contribution in [0.25, 0.3) is 0 Å². The number of hydrogen-bond donors (Lipinski definition) is 0. The highest BCUT2D eigenvalue weighted by atomic mass is 79.9. The van der Waals surface area contributed by atoms with Gasteiger partial charge in [0.15, 0.2) is 0 Å². The van der Waals surface area contributed by atoms with Crippen LogP contribution in [0.5, 0.6) is 0 Å². The average molecular weight is 317 g/mol. The summed E-state index contributed by atoms with van der Waals surface area (Å²) in [5.41, 5.74) is 2.62. The van der Waals surface area contributed by atoms with Crippen LogP contribution in [0.1, 0.15) is 34.6 Å². The van der Waals surface area contributed by atoms with Gasteiger partial charge >= 0.3 is 0 Å². The fourth-order valence-electron chi connectivity index (χ4n) is 2.29. The van der Waals surface area contributed by atoms with E-state index in [1.165, 1.54) is 17.8 Å². The summed E-state index contributed by atoms with van der Waals surface area (Å²) in [6, 6.07) is 0. The largest absolute Gasteiger partial charge is 0.338 e. The lowest BCUT2D eigenvalue weighted by Gasteiger charge is -2.32. The van der Waals surface area contributed by atoms with E-state index in [1.807, 2.05) is 11.8 Å². The SMILES string of the molecule is Cc1ncsc1C(=O)N1CCCC(CCBr)C1. The van der Waals surface area contributed by atoms with Gasteiger partial charge in [0.1, 0.15) is 4.88 Å². The van der Waals surface area contributed by atoms with Crippen molar-refractivity contribution in [1.29, 1.82) is 0 Å². The van der Waals surface area contributed by atoms with Gasteiger partial charge in [-0.3, -0.25) is 4.79 Å². The van der Waals surface area contributed by atoms with Crippen LogP contribution in [-0.4, -0.2) is 34.2 Å². The number of carbonyl (C=O) groups is 1. The van der Waals surface area contributed by atoms with Crippen molar-refractivity contribution in [2.45, 2.75) is 26.2 Å². The van der Waals surface area contributed by atoms with Gasteiger partial charge < -0.3 is 4.90 Å². The van der Waals surface area contributed by atoms with Crippen molar-refractivity contribution < 1.29 is 4.79 Å². The van der Waals surface area contributed by atoms with Crippen LogP contribution in [0.2, 0.25) is 0 Å². The van der Waals surface area contributed by atoms with Crippen molar-refractivity contribution in [1.82, 2.24) is 9.88 Å². The van der Waals surface area contributed by atoms with Crippen molar-refractivity contribution >= 4 is 33.2 Å². The first kappa shape index (κ1) is 13.0. The number of aromatic nitrogens is 1. The molecule has 1 amide bonds. The molecular formula is C12H17BrN2OS. The number of nitrogens with zero attached hydrogens (tertiary/aromatic N) is 2. The molecule has 3 nitrogen and oxygen atoms in total. The first-order valence-electron chi connectivity index (χ1n) is 5.97. The fourth-order valence-corrected chi connectivity index (χ4v) is 3.71. The minimum absolute atomic E-state index is 0.171. The topological polar surface area (TPSA) is 33.2 Å². The predicted octanol–water partition coefficient (Wildman–Crippen LogP) is 3.09. The number of piperidine rings is 1. The lowest BCUT2D eigenvalue weighted by Crippen LogP contribution is -2.40. The summed E-state index contributed by atoms with van der Waals surface area (Å²) in [5, 5.41) is 1.03. The Hall–Kier alpha value is -0.420. The summed E-state index contributed by atoms with van der Waals surface area (Å²) in [4.78, 5) is 19.3. The normalized spacial score (nSPS) is 20.6. The van der Waals surface area contributed by atoms with E-state index in [1.54, 1.807) is 5.51 Å². The zero-order valence-corrected chi connectivity index (χ0v) is 12.4. The molecule has 1 aromatic heterocycles. The predicted molar refractivity (Wildman–Crippen MR) is 73.9 cm³/mol. The molecule has 0 aliphatic carbocycles. The number of hydrogen-bond acceptors (Lipinski definition) is 3. The molecule has 1 fully saturated rings. The Balaban J connectivity index is 2.02. The van der Waals surface area contributed by atoms with Gasteiger partial charge in [0, 0.05) is 18.4 Å². The van der Waals surface area contributed by atoms with E-state index in [4.69, 9.17) is 0 Å². The van der Waals surface area contributed by atoms with Crippen molar-refractivity contribution in [2.24, 2.45) is 5.92 Å². The van der Waals surface area contributed by atoms with Crippen LogP contribution in [0.4, 0.5) is 0 Å². The maximum atomic E-state index is 12.3. The highest BCUT2D eigenvalue weighted by Crippen LogP contribution is 2.23. The van der Waals surface area contributed by atoms with E-state index in [0.29, 0.717) is 5.92 Å². The third-order valence-electron chi connectivity index (χ3n) is 3.26. The van der Waals surface area contributed by atoms with Gasteiger partial charge in [-0.25, -0.2) is 4.98 Å². The summed E-state index contributed by atoms with van der Waals surface area (Å²) in [6.45, 7) is 3.71. The first-order chi connectivity index (χ1) is 8.22. The minimum atomic E-state index is 0.171. The Bertz CT molecular complexity index is 392. The van der Waals surface area contributed by atoms with Crippen molar-refractivity contribution in [2.75, 3.05) is 18.4 Å². The quantitative estimate of drug-likeness (QED) is 0.803. The lowest BCUT2D eigenvalue weighted by molar-refractivity contribution is 0.0676. The first-order valence-corrected chi connectivity index (χ1v) is 7.97. The van der Waals surface area contributed by atoms with Gasteiger partial charge in [0.25, 0.3) is 5.91 Å². The Morgan fingerprint density at radius 3 is 3.18 bits per heavy atom. The maximum Gasteiger partial charge on any atom is 0.265 e. The number of likely N-dealkylation sites (tertiary alicyclic amines) is 1. The van der Waals surface area contributed by atoms with Gasteiger partial charge in [-0.05, 0) is 32.1 Å². The van der Waals surface area contributed by atoms with Gasteiger partial charge in [0.2, 0.25) is 0 Å². The van der Waals surface area contributed by atoms with E-state index >= 15 is 0 Å². The molecule has 1 saturated heterocycles. The maximum absolute atomic E-state index is 12.3. The summed E-state index contributed by atoms with van der Waals surface area (Å²) in [6.07, 6.45) is 3.53. The minimum Gasteiger partial charge on any atom is -0.338 e. The molecule has 0 N–H and O–H groups in total. The summed E-state index contributed by atoms with van der Waals surface area (Å²) >= 11 is 4.94. The molecule has 0 aromatic carbocycles. The van der Waals surface area contributed by atoms with Crippen LogP contribution in [0.15, 0.2) is 5.51 Å². The molecule has 0 saturated carbocycles. The third kappa shape index (κ3) is 3.07. The highest BCUT2D eigenvalue weighted by molar-refractivity contribution is 9.09. The molecule has 0 radical (unpaired) electrons. The fraction of sp³-hybridized carbons (Fsp3) is 0.667. The van der Waals surface area contributed by atoms with E-state index in [9.17, 15) is 4.79 Å². The molecule has 2 rings (SSSR count).